The summed E-state index contributed by atoms with van der Waals surface area (Å²) in [5, 5.41) is 4.42. The van der Waals surface area contributed by atoms with Gasteiger partial charge in [0.1, 0.15) is 5.56 Å². The Morgan fingerprint density at radius 1 is 1.19 bits per heavy atom. The summed E-state index contributed by atoms with van der Waals surface area (Å²) in [6.07, 6.45) is 5.65. The molecule has 0 atom stereocenters. The molecule has 14 heteroatoms. The number of nitrogens with zero attached hydrogens (tertiary/aromatic N) is 4. The maximum atomic E-state index is 13.5. The molecule has 3 rings (SSSR count). The maximum absolute atomic E-state index is 13.5. The van der Waals surface area contributed by atoms with E-state index in [1.807, 2.05) is 0 Å². The fourth-order valence-corrected chi connectivity index (χ4v) is 4.47. The van der Waals surface area contributed by atoms with Crippen molar-refractivity contribution in [2.75, 3.05) is 11.5 Å². The Bertz CT molecular complexity index is 1220. The van der Waals surface area contributed by atoms with E-state index >= 15 is 0 Å². The third kappa shape index (κ3) is 6.40. The number of amides is 1. The topological polar surface area (TPSA) is 121 Å². The number of esters is 1. The van der Waals surface area contributed by atoms with Gasteiger partial charge >= 0.3 is 21.6 Å². The second kappa shape index (κ2) is 11.1. The molecule has 0 N–H and O–H groups in total. The second-order valence-corrected chi connectivity index (χ2v) is 10.7. The molecule has 2 aromatic rings. The van der Waals surface area contributed by atoms with E-state index in [1.54, 1.807) is 20.8 Å². The molecule has 0 spiro atoms. The normalized spacial score (nSPS) is 18.5. The molecule has 0 radical (unpaired) electrons. The van der Waals surface area contributed by atoms with Gasteiger partial charge in [-0.1, -0.05) is 6.92 Å². The van der Waals surface area contributed by atoms with E-state index in [0.29, 0.717) is 5.92 Å². The lowest BCUT2D eigenvalue weighted by molar-refractivity contribution is -0.124. The fraction of sp³-hybridized carbons (Fsp3) is 0.565. The van der Waals surface area contributed by atoms with Crippen LogP contribution in [0.25, 0.3) is 5.69 Å². The van der Waals surface area contributed by atoms with Gasteiger partial charge < -0.3 is 8.92 Å². The van der Waals surface area contributed by atoms with Crippen LogP contribution in [0.1, 0.15) is 63.7 Å². The first kappa shape index (κ1) is 28.4. The van der Waals surface area contributed by atoms with E-state index in [2.05, 4.69) is 21.2 Å². The Morgan fingerprint density at radius 2 is 1.84 bits per heavy atom. The number of aromatic nitrogens is 3. The second-order valence-electron chi connectivity index (χ2n) is 9.13. The Balaban J connectivity index is 1.97. The van der Waals surface area contributed by atoms with Crippen LogP contribution in [0, 0.1) is 11.8 Å². The molecule has 1 aliphatic rings. The molecule has 1 amide bonds. The number of carbonyl (C=O) groups is 2. The summed E-state index contributed by atoms with van der Waals surface area (Å²) in [6, 6.07) is 1.78. The third-order valence-electron chi connectivity index (χ3n) is 6.00. The average Bonchev–Trinajstić information content (AvgIpc) is 3.24. The van der Waals surface area contributed by atoms with Crippen LogP contribution in [0.15, 0.2) is 24.5 Å². The number of alkyl halides is 3. The lowest BCUT2D eigenvalue weighted by atomic mass is 9.82. The van der Waals surface area contributed by atoms with E-state index in [0.717, 1.165) is 37.9 Å². The van der Waals surface area contributed by atoms with Gasteiger partial charge in [0, 0.05) is 24.2 Å². The third-order valence-corrected chi connectivity index (χ3v) is 6.96. The van der Waals surface area contributed by atoms with Gasteiger partial charge in [0.25, 0.3) is 0 Å². The highest BCUT2D eigenvalue weighted by atomic mass is 32.2. The largest absolute Gasteiger partial charge is 0.534 e. The predicted octanol–water partition coefficient (Wildman–Crippen LogP) is 4.24. The molecule has 0 unspecified atom stereocenters. The number of anilines is 1. The number of halogens is 3. The number of carbonyl (C=O) groups excluding carboxylic acids is 2. The van der Waals surface area contributed by atoms with Crippen molar-refractivity contribution in [1.82, 2.24) is 14.8 Å². The molecular formula is C23H29F3N4O6S. The van der Waals surface area contributed by atoms with Crippen LogP contribution in [0.3, 0.4) is 0 Å². The van der Waals surface area contributed by atoms with Gasteiger partial charge in [-0.15, -0.1) is 5.10 Å². The van der Waals surface area contributed by atoms with E-state index in [4.69, 9.17) is 4.74 Å². The molecule has 1 fully saturated rings. The first-order valence-corrected chi connectivity index (χ1v) is 13.2. The van der Waals surface area contributed by atoms with E-state index in [-0.39, 0.29) is 41.5 Å². The molecule has 204 valence electrons. The number of ether oxygens (including phenoxy) is 1. The van der Waals surface area contributed by atoms with Crippen LogP contribution in [0.2, 0.25) is 0 Å². The van der Waals surface area contributed by atoms with Gasteiger partial charge in [-0.3, -0.25) is 9.69 Å². The van der Waals surface area contributed by atoms with E-state index in [9.17, 15) is 31.2 Å². The van der Waals surface area contributed by atoms with E-state index in [1.165, 1.54) is 21.8 Å². The van der Waals surface area contributed by atoms with Gasteiger partial charge in [-0.25, -0.2) is 14.5 Å². The summed E-state index contributed by atoms with van der Waals surface area (Å²) in [4.78, 5) is 31.4. The average molecular weight is 547 g/mol. The Morgan fingerprint density at radius 3 is 2.35 bits per heavy atom. The fourth-order valence-electron chi connectivity index (χ4n) is 4.05. The number of pyridine rings is 1. The van der Waals surface area contributed by atoms with Crippen molar-refractivity contribution in [1.29, 1.82) is 0 Å². The Hall–Kier alpha value is -3.16. The smallest absolute Gasteiger partial charge is 0.462 e. The zero-order valence-electron chi connectivity index (χ0n) is 20.9. The summed E-state index contributed by atoms with van der Waals surface area (Å²) in [5.74, 6) is -1.26. The van der Waals surface area contributed by atoms with Crippen LogP contribution in [0.4, 0.5) is 19.0 Å². The van der Waals surface area contributed by atoms with Crippen LogP contribution >= 0.6 is 0 Å². The summed E-state index contributed by atoms with van der Waals surface area (Å²) in [5.41, 5.74) is -5.41. The summed E-state index contributed by atoms with van der Waals surface area (Å²) in [6.45, 7) is 7.46. The minimum Gasteiger partial charge on any atom is -0.462 e. The molecule has 0 aromatic carbocycles. The van der Waals surface area contributed by atoms with Crippen molar-refractivity contribution in [2.45, 2.75) is 64.9 Å². The molecule has 1 aliphatic carbocycles. The Labute approximate surface area is 212 Å². The van der Waals surface area contributed by atoms with Crippen LogP contribution in [0.5, 0.6) is 5.88 Å². The van der Waals surface area contributed by atoms with Gasteiger partial charge in [-0.2, -0.15) is 21.6 Å². The van der Waals surface area contributed by atoms with Crippen molar-refractivity contribution in [3.05, 3.63) is 30.1 Å². The summed E-state index contributed by atoms with van der Waals surface area (Å²) in [7, 11) is -5.88. The van der Waals surface area contributed by atoms with Crippen molar-refractivity contribution in [3.8, 4) is 11.6 Å². The minimum atomic E-state index is -5.88. The molecule has 1 saturated carbocycles. The van der Waals surface area contributed by atoms with Crippen LogP contribution in [-0.2, 0) is 19.6 Å². The monoisotopic (exact) mass is 546 g/mol. The first-order valence-electron chi connectivity index (χ1n) is 11.8. The van der Waals surface area contributed by atoms with Crippen LogP contribution < -0.4 is 9.08 Å². The molecule has 10 nitrogen and oxygen atoms in total. The highest BCUT2D eigenvalue weighted by Crippen LogP contribution is 2.33. The first-order chi connectivity index (χ1) is 17.2. The SMILES string of the molecule is CCOC(=O)c1cn(-c2ccc(OS(=O)(=O)C(F)(F)F)nc2)nc1N(C(=O)[C@H]1CC[C@H](C)CC1)C(C)C. The van der Waals surface area contributed by atoms with Crippen molar-refractivity contribution in [2.24, 2.45) is 11.8 Å². The van der Waals surface area contributed by atoms with Gasteiger partial charge in [0.2, 0.25) is 11.8 Å². The quantitative estimate of drug-likeness (QED) is 0.274. The molecule has 0 aliphatic heterocycles. The standard InChI is InChI=1S/C23H29F3N4O6S/c1-5-35-22(32)18-13-29(17-10-11-19(27-12-17)36-37(33,34)23(24,25)26)28-20(18)30(14(2)3)21(31)16-8-6-15(4)7-9-16/h10-16H,5-9H2,1-4H3/t15-,16-. The van der Waals surface area contributed by atoms with Gasteiger partial charge in [0.15, 0.2) is 5.82 Å². The van der Waals surface area contributed by atoms with Crippen molar-refractivity contribution < 1.29 is 40.1 Å². The predicted molar refractivity (Wildman–Crippen MR) is 127 cm³/mol. The molecule has 0 saturated heterocycles. The number of hydrogen-bond acceptors (Lipinski definition) is 8. The lowest BCUT2D eigenvalue weighted by Crippen LogP contribution is -2.43. The number of hydrogen-bond donors (Lipinski definition) is 0. The molecule has 37 heavy (non-hydrogen) atoms. The molecular weight excluding hydrogens is 517 g/mol. The summed E-state index contributed by atoms with van der Waals surface area (Å²) >= 11 is 0. The van der Waals surface area contributed by atoms with Gasteiger partial charge in [-0.05, 0) is 58.4 Å². The highest BCUT2D eigenvalue weighted by Gasteiger charge is 2.48. The Kier molecular flexibility index (Phi) is 8.50. The van der Waals surface area contributed by atoms with Crippen molar-refractivity contribution >= 4 is 27.8 Å². The highest BCUT2D eigenvalue weighted by molar-refractivity contribution is 7.87. The molecule has 2 aromatic heterocycles. The zero-order valence-corrected chi connectivity index (χ0v) is 21.7. The molecule has 2 heterocycles. The lowest BCUT2D eigenvalue weighted by Gasteiger charge is -2.32. The van der Waals surface area contributed by atoms with Crippen molar-refractivity contribution in [3.63, 3.8) is 0 Å². The van der Waals surface area contributed by atoms with Crippen LogP contribution in [-0.4, -0.2) is 53.2 Å². The maximum Gasteiger partial charge on any atom is 0.534 e. The van der Waals surface area contributed by atoms with Gasteiger partial charge in [0.05, 0.1) is 18.5 Å². The zero-order chi connectivity index (χ0) is 27.5. The number of rotatable bonds is 8. The molecule has 0 bridgehead atoms. The summed E-state index contributed by atoms with van der Waals surface area (Å²) < 4.78 is 70.5. The van der Waals surface area contributed by atoms with E-state index < -0.39 is 27.5 Å². The minimum absolute atomic E-state index is 0.0213.